The average Bonchev–Trinajstić information content (AvgIpc) is 3.11. The largest absolute Gasteiger partial charge is 0.473 e. The monoisotopic (exact) mass is 298 g/mol. The molecule has 2 aromatic heterocycles. The van der Waals surface area contributed by atoms with E-state index in [1.165, 1.54) is 12.3 Å². The van der Waals surface area contributed by atoms with Gasteiger partial charge in [-0.25, -0.2) is 0 Å². The third kappa shape index (κ3) is 1.96. The van der Waals surface area contributed by atoms with Crippen molar-refractivity contribution < 1.29 is 13.2 Å². The minimum Gasteiger partial charge on any atom is -0.473 e. The van der Waals surface area contributed by atoms with E-state index in [2.05, 4.69) is 9.97 Å². The van der Waals surface area contributed by atoms with Crippen LogP contribution in [0.3, 0.4) is 0 Å². The molecule has 0 spiro atoms. The molecule has 0 unspecified atom stereocenters. The standard InChI is InChI=1S/C13H11F3N3S/c1-7-10(20-11(17)19-7)8-2-5-18-9(6-8)12(3-4-12)13(14,15)16/h2,5-6H,3-4H2,1H3,(H-,17,19)/q-1. The predicted molar refractivity (Wildman–Crippen MR) is 71.0 cm³/mol. The molecule has 20 heavy (non-hydrogen) atoms. The normalized spacial score (nSPS) is 17.2. The van der Waals surface area contributed by atoms with Crippen LogP contribution in [0.1, 0.15) is 24.2 Å². The molecule has 3 rings (SSSR count). The lowest BCUT2D eigenvalue weighted by atomic mass is 9.99. The molecule has 0 amide bonds. The van der Waals surface area contributed by atoms with E-state index in [0.29, 0.717) is 11.3 Å². The fourth-order valence-corrected chi connectivity index (χ4v) is 3.12. The lowest BCUT2D eigenvalue weighted by Crippen LogP contribution is -2.29. The molecular weight excluding hydrogens is 287 g/mol. The second-order valence-electron chi connectivity index (χ2n) is 4.94. The summed E-state index contributed by atoms with van der Waals surface area (Å²) in [5, 5.41) is 0.160. The van der Waals surface area contributed by atoms with Crippen LogP contribution in [-0.4, -0.2) is 16.1 Å². The Balaban J connectivity index is 2.05. The Bertz CT molecular complexity index is 659. The Labute approximate surface area is 117 Å². The lowest BCUT2D eigenvalue weighted by Gasteiger charge is -2.19. The first kappa shape index (κ1) is 13.4. The molecule has 1 N–H and O–H groups in total. The van der Waals surface area contributed by atoms with Crippen molar-refractivity contribution in [2.45, 2.75) is 31.4 Å². The van der Waals surface area contributed by atoms with Crippen LogP contribution in [-0.2, 0) is 5.41 Å². The van der Waals surface area contributed by atoms with Gasteiger partial charge >= 0.3 is 6.18 Å². The third-order valence-corrected chi connectivity index (χ3v) is 4.62. The van der Waals surface area contributed by atoms with Crippen LogP contribution in [0.15, 0.2) is 18.3 Å². The van der Waals surface area contributed by atoms with E-state index < -0.39 is 11.6 Å². The SMILES string of the molecule is Cc1nc([NH-])sc1-c1ccnc(C2(C(F)(F)F)CC2)c1. The zero-order chi connectivity index (χ0) is 14.5. The summed E-state index contributed by atoms with van der Waals surface area (Å²) in [7, 11) is 0. The molecule has 2 heterocycles. The van der Waals surface area contributed by atoms with Gasteiger partial charge in [0, 0.05) is 11.1 Å². The number of aromatic nitrogens is 2. The summed E-state index contributed by atoms with van der Waals surface area (Å²) < 4.78 is 39.4. The smallest absolute Gasteiger partial charge is 0.399 e. The molecule has 3 nitrogen and oxygen atoms in total. The van der Waals surface area contributed by atoms with E-state index in [0.717, 1.165) is 16.2 Å². The number of pyridine rings is 1. The highest BCUT2D eigenvalue weighted by Crippen LogP contribution is 2.58. The van der Waals surface area contributed by atoms with Gasteiger partial charge in [-0.2, -0.15) is 13.2 Å². The van der Waals surface area contributed by atoms with E-state index >= 15 is 0 Å². The van der Waals surface area contributed by atoms with Gasteiger partial charge in [0.2, 0.25) is 0 Å². The number of alkyl halides is 3. The maximum absolute atomic E-state index is 13.1. The zero-order valence-corrected chi connectivity index (χ0v) is 11.4. The summed E-state index contributed by atoms with van der Waals surface area (Å²) >= 11 is 1.16. The number of nitrogens with one attached hydrogen (secondary N) is 1. The van der Waals surface area contributed by atoms with Crippen molar-refractivity contribution >= 4 is 16.5 Å². The van der Waals surface area contributed by atoms with Crippen LogP contribution >= 0.6 is 11.3 Å². The number of aryl methyl sites for hydroxylation is 1. The molecular formula is C13H11F3N3S-. The molecule has 0 aromatic carbocycles. The molecule has 106 valence electrons. The summed E-state index contributed by atoms with van der Waals surface area (Å²) in [6, 6.07) is 3.15. The number of thiazole rings is 1. The van der Waals surface area contributed by atoms with E-state index in [1.807, 2.05) is 0 Å². The number of nitrogens with zero attached hydrogens (tertiary/aromatic N) is 2. The Hall–Kier alpha value is -1.63. The molecule has 0 radical (unpaired) electrons. The molecule has 0 aliphatic heterocycles. The van der Waals surface area contributed by atoms with Crippen molar-refractivity contribution in [1.29, 1.82) is 0 Å². The molecule has 1 fully saturated rings. The van der Waals surface area contributed by atoms with E-state index in [1.54, 1.807) is 13.0 Å². The van der Waals surface area contributed by atoms with E-state index in [4.69, 9.17) is 5.73 Å². The second-order valence-corrected chi connectivity index (χ2v) is 5.94. The highest BCUT2D eigenvalue weighted by atomic mass is 32.1. The van der Waals surface area contributed by atoms with Gasteiger partial charge in [-0.3, -0.25) is 4.98 Å². The van der Waals surface area contributed by atoms with Crippen molar-refractivity contribution in [3.63, 3.8) is 0 Å². The van der Waals surface area contributed by atoms with Gasteiger partial charge in [-0.05, 0) is 48.3 Å². The van der Waals surface area contributed by atoms with Gasteiger partial charge in [0.25, 0.3) is 0 Å². The molecule has 1 aliphatic rings. The zero-order valence-electron chi connectivity index (χ0n) is 10.6. The summed E-state index contributed by atoms with van der Waals surface area (Å²) in [6.07, 6.45) is -2.67. The third-order valence-electron chi connectivity index (χ3n) is 3.60. The summed E-state index contributed by atoms with van der Waals surface area (Å²) in [5.74, 6) is 0. The molecule has 0 bridgehead atoms. The average molecular weight is 298 g/mol. The quantitative estimate of drug-likeness (QED) is 0.800. The molecule has 1 saturated carbocycles. The van der Waals surface area contributed by atoms with Gasteiger partial charge in [0.1, 0.15) is 5.41 Å². The summed E-state index contributed by atoms with van der Waals surface area (Å²) in [6.45, 7) is 1.75. The van der Waals surface area contributed by atoms with Crippen LogP contribution in [0, 0.1) is 6.92 Å². The summed E-state index contributed by atoms with van der Waals surface area (Å²) in [5.41, 5.74) is 7.12. The van der Waals surface area contributed by atoms with Gasteiger partial charge in [-0.1, -0.05) is 0 Å². The molecule has 0 atom stereocenters. The lowest BCUT2D eigenvalue weighted by molar-refractivity contribution is -0.161. The Morgan fingerprint density at radius 3 is 2.55 bits per heavy atom. The topological polar surface area (TPSA) is 49.6 Å². The Morgan fingerprint density at radius 1 is 1.35 bits per heavy atom. The number of halogens is 3. The molecule has 0 saturated heterocycles. The summed E-state index contributed by atoms with van der Waals surface area (Å²) in [4.78, 5) is 8.64. The first-order valence-electron chi connectivity index (χ1n) is 6.06. The van der Waals surface area contributed by atoms with Gasteiger partial charge < -0.3 is 10.7 Å². The number of rotatable bonds is 2. The second kappa shape index (κ2) is 4.18. The van der Waals surface area contributed by atoms with Crippen molar-refractivity contribution in [2.75, 3.05) is 0 Å². The fraction of sp³-hybridized carbons (Fsp3) is 0.385. The van der Waals surface area contributed by atoms with Crippen molar-refractivity contribution in [3.8, 4) is 10.4 Å². The highest BCUT2D eigenvalue weighted by Gasteiger charge is 2.65. The first-order chi connectivity index (χ1) is 9.33. The Kier molecular flexibility index (Phi) is 2.79. The van der Waals surface area contributed by atoms with Gasteiger partial charge in [0.05, 0.1) is 5.69 Å². The van der Waals surface area contributed by atoms with Gasteiger partial charge in [0.15, 0.2) is 0 Å². The highest BCUT2D eigenvalue weighted by molar-refractivity contribution is 7.19. The molecule has 7 heteroatoms. The van der Waals surface area contributed by atoms with Crippen LogP contribution < -0.4 is 0 Å². The van der Waals surface area contributed by atoms with Crippen LogP contribution in [0.5, 0.6) is 0 Å². The van der Waals surface area contributed by atoms with Crippen LogP contribution in [0.2, 0.25) is 0 Å². The molecule has 1 aliphatic carbocycles. The number of hydrogen-bond donors (Lipinski definition) is 0. The predicted octanol–water partition coefficient (Wildman–Crippen LogP) is 4.79. The number of hydrogen-bond acceptors (Lipinski definition) is 3. The maximum atomic E-state index is 13.1. The van der Waals surface area contributed by atoms with Crippen LogP contribution in [0.4, 0.5) is 18.3 Å². The maximum Gasteiger partial charge on any atom is 0.399 e. The van der Waals surface area contributed by atoms with E-state index in [9.17, 15) is 13.2 Å². The van der Waals surface area contributed by atoms with Crippen molar-refractivity contribution in [3.05, 3.63) is 35.5 Å². The molecule has 2 aromatic rings. The minimum absolute atomic E-state index is 0.0711. The van der Waals surface area contributed by atoms with E-state index in [-0.39, 0.29) is 23.7 Å². The van der Waals surface area contributed by atoms with Gasteiger partial charge in [-0.15, -0.1) is 11.3 Å². The van der Waals surface area contributed by atoms with Crippen molar-refractivity contribution in [2.24, 2.45) is 0 Å². The minimum atomic E-state index is -4.26. The fourth-order valence-electron chi connectivity index (χ4n) is 2.31. The Morgan fingerprint density at radius 2 is 2.05 bits per heavy atom. The van der Waals surface area contributed by atoms with Crippen LogP contribution in [0.25, 0.3) is 16.2 Å². The first-order valence-corrected chi connectivity index (χ1v) is 6.88. The van der Waals surface area contributed by atoms with Crippen molar-refractivity contribution in [1.82, 2.24) is 9.97 Å².